The van der Waals surface area contributed by atoms with Gasteiger partial charge in [0.2, 0.25) is 6.79 Å². The highest BCUT2D eigenvalue weighted by atomic mass is 16.7. The SMILES string of the molecule is O=C1NC(c2ccccc2)=CC(c2ccc3c(c2)OCO3)N1. The zero-order valence-corrected chi connectivity index (χ0v) is 11.7. The fourth-order valence-electron chi connectivity index (χ4n) is 2.62. The van der Waals surface area contributed by atoms with E-state index in [1.807, 2.05) is 54.6 Å². The molecule has 5 nitrogen and oxygen atoms in total. The van der Waals surface area contributed by atoms with Crippen molar-refractivity contribution >= 4 is 11.7 Å². The van der Waals surface area contributed by atoms with Crippen molar-refractivity contribution in [1.29, 1.82) is 0 Å². The van der Waals surface area contributed by atoms with Gasteiger partial charge in [-0.2, -0.15) is 0 Å². The van der Waals surface area contributed by atoms with Crippen LogP contribution in [0.15, 0.2) is 54.6 Å². The molecule has 0 saturated heterocycles. The molecule has 2 amide bonds. The smallest absolute Gasteiger partial charge is 0.319 e. The third-order valence-electron chi connectivity index (χ3n) is 3.71. The fourth-order valence-corrected chi connectivity index (χ4v) is 2.62. The molecule has 0 saturated carbocycles. The molecule has 0 spiro atoms. The highest BCUT2D eigenvalue weighted by Gasteiger charge is 2.22. The molecule has 2 aromatic carbocycles. The largest absolute Gasteiger partial charge is 0.454 e. The maximum absolute atomic E-state index is 11.9. The van der Waals surface area contributed by atoms with Gasteiger partial charge in [0.1, 0.15) is 0 Å². The van der Waals surface area contributed by atoms with Gasteiger partial charge in [0.25, 0.3) is 0 Å². The van der Waals surface area contributed by atoms with Gasteiger partial charge in [-0.1, -0.05) is 36.4 Å². The van der Waals surface area contributed by atoms with Gasteiger partial charge in [-0.15, -0.1) is 0 Å². The molecular formula is C17H14N2O3. The lowest BCUT2D eigenvalue weighted by atomic mass is 10.0. The number of benzene rings is 2. The van der Waals surface area contributed by atoms with Crippen LogP contribution in [0.3, 0.4) is 0 Å². The van der Waals surface area contributed by atoms with Crippen molar-refractivity contribution < 1.29 is 14.3 Å². The molecule has 0 fully saturated rings. The number of hydrogen-bond acceptors (Lipinski definition) is 3. The molecule has 2 N–H and O–H groups in total. The van der Waals surface area contributed by atoms with E-state index in [9.17, 15) is 4.79 Å². The van der Waals surface area contributed by atoms with Gasteiger partial charge < -0.3 is 20.1 Å². The van der Waals surface area contributed by atoms with Crippen molar-refractivity contribution in [2.24, 2.45) is 0 Å². The highest BCUT2D eigenvalue weighted by molar-refractivity contribution is 5.88. The Hall–Kier alpha value is -2.95. The van der Waals surface area contributed by atoms with Crippen LogP contribution in [0, 0.1) is 0 Å². The molecule has 0 aliphatic carbocycles. The summed E-state index contributed by atoms with van der Waals surface area (Å²) < 4.78 is 10.7. The summed E-state index contributed by atoms with van der Waals surface area (Å²) in [5.74, 6) is 1.44. The molecule has 0 bridgehead atoms. The van der Waals surface area contributed by atoms with Gasteiger partial charge in [-0.3, -0.25) is 0 Å². The summed E-state index contributed by atoms with van der Waals surface area (Å²) >= 11 is 0. The average Bonchev–Trinajstić information content (AvgIpc) is 3.02. The lowest BCUT2D eigenvalue weighted by Gasteiger charge is -2.24. The molecule has 5 heteroatoms. The Balaban J connectivity index is 1.70. The molecule has 0 aromatic heterocycles. The normalized spacial score (nSPS) is 19.2. The Morgan fingerprint density at radius 1 is 1.00 bits per heavy atom. The molecule has 4 rings (SSSR count). The molecule has 2 aliphatic rings. The van der Waals surface area contributed by atoms with Crippen molar-refractivity contribution in [3.63, 3.8) is 0 Å². The lowest BCUT2D eigenvalue weighted by molar-refractivity contribution is 0.174. The van der Waals surface area contributed by atoms with E-state index in [0.717, 1.165) is 22.6 Å². The molecule has 1 unspecified atom stereocenters. The number of ether oxygens (including phenoxy) is 2. The summed E-state index contributed by atoms with van der Waals surface area (Å²) in [6.45, 7) is 0.239. The number of urea groups is 1. The maximum Gasteiger partial charge on any atom is 0.319 e. The monoisotopic (exact) mass is 294 g/mol. The van der Waals surface area contributed by atoms with Crippen molar-refractivity contribution in [2.75, 3.05) is 6.79 Å². The van der Waals surface area contributed by atoms with Gasteiger partial charge in [0.05, 0.1) is 6.04 Å². The number of amides is 2. The summed E-state index contributed by atoms with van der Waals surface area (Å²) in [6.07, 6.45) is 1.99. The Labute approximate surface area is 127 Å². The van der Waals surface area contributed by atoms with Crippen LogP contribution in [0.4, 0.5) is 4.79 Å². The number of fused-ring (bicyclic) bond motifs is 1. The Morgan fingerprint density at radius 3 is 2.68 bits per heavy atom. The first-order valence-corrected chi connectivity index (χ1v) is 7.04. The number of nitrogens with one attached hydrogen (secondary N) is 2. The number of carbonyl (C=O) groups excluding carboxylic acids is 1. The van der Waals surface area contributed by atoms with Gasteiger partial charge >= 0.3 is 6.03 Å². The lowest BCUT2D eigenvalue weighted by Crippen LogP contribution is -2.40. The van der Waals surface area contributed by atoms with Crippen LogP contribution in [0.5, 0.6) is 11.5 Å². The van der Waals surface area contributed by atoms with E-state index in [-0.39, 0.29) is 18.9 Å². The maximum atomic E-state index is 11.9. The average molecular weight is 294 g/mol. The molecule has 2 aliphatic heterocycles. The van der Waals surface area contributed by atoms with Gasteiger partial charge in [0.15, 0.2) is 11.5 Å². The van der Waals surface area contributed by atoms with Crippen LogP contribution < -0.4 is 20.1 Å². The Kier molecular flexibility index (Phi) is 2.96. The summed E-state index contributed by atoms with van der Waals surface area (Å²) in [5.41, 5.74) is 2.72. The summed E-state index contributed by atoms with van der Waals surface area (Å²) in [4.78, 5) is 11.9. The van der Waals surface area contributed by atoms with Gasteiger partial charge in [0, 0.05) is 5.70 Å². The third kappa shape index (κ3) is 2.26. The molecule has 1 atom stereocenters. The van der Waals surface area contributed by atoms with E-state index >= 15 is 0 Å². The molecular weight excluding hydrogens is 280 g/mol. The minimum absolute atomic E-state index is 0.210. The van der Waals surface area contributed by atoms with E-state index in [4.69, 9.17) is 9.47 Å². The second kappa shape index (κ2) is 5.11. The fraction of sp³-hybridized carbons (Fsp3) is 0.118. The predicted molar refractivity (Wildman–Crippen MR) is 81.4 cm³/mol. The van der Waals surface area contributed by atoms with Crippen molar-refractivity contribution in [3.05, 3.63) is 65.7 Å². The van der Waals surface area contributed by atoms with E-state index in [1.54, 1.807) is 0 Å². The highest BCUT2D eigenvalue weighted by Crippen LogP contribution is 2.35. The summed E-state index contributed by atoms with van der Waals surface area (Å²) in [7, 11) is 0. The van der Waals surface area contributed by atoms with Crippen molar-refractivity contribution in [1.82, 2.24) is 10.6 Å². The number of hydrogen-bond donors (Lipinski definition) is 2. The van der Waals surface area contributed by atoms with E-state index in [2.05, 4.69) is 10.6 Å². The van der Waals surface area contributed by atoms with Gasteiger partial charge in [-0.05, 0) is 29.3 Å². The first-order valence-electron chi connectivity index (χ1n) is 7.04. The van der Waals surface area contributed by atoms with Crippen molar-refractivity contribution in [3.8, 4) is 11.5 Å². The van der Waals surface area contributed by atoms with Crippen molar-refractivity contribution in [2.45, 2.75) is 6.04 Å². The topological polar surface area (TPSA) is 59.6 Å². The summed E-state index contributed by atoms with van der Waals surface area (Å²) in [5, 5.41) is 5.74. The minimum Gasteiger partial charge on any atom is -0.454 e. The minimum atomic E-state index is -0.219. The van der Waals surface area contributed by atoms with Crippen LogP contribution >= 0.6 is 0 Å². The molecule has 2 heterocycles. The standard InChI is InChI=1S/C17H14N2O3/c20-17-18-13(11-4-2-1-3-5-11)9-14(19-17)12-6-7-15-16(8-12)22-10-21-15/h1-9,14H,10H2,(H2,18,19,20). The van der Waals surface area contributed by atoms with Crippen LogP contribution in [0.25, 0.3) is 5.70 Å². The number of rotatable bonds is 2. The Morgan fingerprint density at radius 2 is 1.82 bits per heavy atom. The van der Waals surface area contributed by atoms with E-state index in [0.29, 0.717) is 5.75 Å². The predicted octanol–water partition coefficient (Wildman–Crippen LogP) is 2.81. The molecule has 110 valence electrons. The summed E-state index contributed by atoms with van der Waals surface area (Å²) in [6, 6.07) is 15.0. The second-order valence-corrected chi connectivity index (χ2v) is 5.14. The van der Waals surface area contributed by atoms with Crippen LogP contribution in [-0.2, 0) is 0 Å². The molecule has 22 heavy (non-hydrogen) atoms. The molecule has 0 radical (unpaired) electrons. The zero-order valence-electron chi connectivity index (χ0n) is 11.7. The van der Waals surface area contributed by atoms with Crippen LogP contribution in [-0.4, -0.2) is 12.8 Å². The first-order chi connectivity index (χ1) is 10.8. The van der Waals surface area contributed by atoms with E-state index < -0.39 is 0 Å². The van der Waals surface area contributed by atoms with Gasteiger partial charge in [-0.25, -0.2) is 4.79 Å². The second-order valence-electron chi connectivity index (χ2n) is 5.14. The third-order valence-corrected chi connectivity index (χ3v) is 3.71. The quantitative estimate of drug-likeness (QED) is 0.895. The Bertz CT molecular complexity index is 756. The number of carbonyl (C=O) groups is 1. The first kappa shape index (κ1) is 12.8. The zero-order chi connectivity index (χ0) is 14.9. The molecule has 2 aromatic rings. The van der Waals surface area contributed by atoms with E-state index in [1.165, 1.54) is 0 Å². The van der Waals surface area contributed by atoms with Crippen LogP contribution in [0.1, 0.15) is 17.2 Å². The van der Waals surface area contributed by atoms with Crippen LogP contribution in [0.2, 0.25) is 0 Å².